The second-order valence-corrected chi connectivity index (χ2v) is 4.84. The summed E-state index contributed by atoms with van der Waals surface area (Å²) in [5.41, 5.74) is 0. The van der Waals surface area contributed by atoms with Crippen molar-refractivity contribution in [1.29, 1.82) is 0 Å². The molecule has 1 radical (unpaired) electrons. The summed E-state index contributed by atoms with van der Waals surface area (Å²) in [5, 5.41) is 0. The van der Waals surface area contributed by atoms with Gasteiger partial charge in [0, 0.05) is 0 Å². The average molecular weight is 212 g/mol. The summed E-state index contributed by atoms with van der Waals surface area (Å²) >= 11 is 0. The van der Waals surface area contributed by atoms with Gasteiger partial charge in [0.25, 0.3) is 0 Å². The zero-order valence-electron chi connectivity index (χ0n) is 10.9. The van der Waals surface area contributed by atoms with Crippen molar-refractivity contribution in [3.8, 4) is 0 Å². The summed E-state index contributed by atoms with van der Waals surface area (Å²) in [7, 11) is 4.31. The lowest BCUT2D eigenvalue weighted by Gasteiger charge is -2.08. The number of hydrogen-bond acceptors (Lipinski definition) is 1. The zero-order valence-corrected chi connectivity index (χ0v) is 10.9. The molecule has 1 heteroatoms. The van der Waals surface area contributed by atoms with Crippen LogP contribution in [-0.2, 0) is 0 Å². The van der Waals surface area contributed by atoms with Crippen molar-refractivity contribution in [3.63, 3.8) is 0 Å². The van der Waals surface area contributed by atoms with Crippen molar-refractivity contribution in [2.75, 3.05) is 20.6 Å². The van der Waals surface area contributed by atoms with Gasteiger partial charge in [0.2, 0.25) is 0 Å². The molecule has 0 aromatic rings. The van der Waals surface area contributed by atoms with Crippen LogP contribution in [-0.4, -0.2) is 25.5 Å². The smallest absolute Gasteiger partial charge is 0.00248 e. The molecule has 0 heterocycles. The molecular weight excluding hydrogens is 182 g/mol. The number of rotatable bonds is 11. The zero-order chi connectivity index (χ0) is 11.4. The lowest BCUT2D eigenvalue weighted by Crippen LogP contribution is -2.12. The number of nitrogens with zero attached hydrogens (tertiary/aromatic N) is 1. The van der Waals surface area contributed by atoms with Crippen LogP contribution in [0.5, 0.6) is 0 Å². The molecule has 1 nitrogen and oxygen atoms in total. The van der Waals surface area contributed by atoms with Gasteiger partial charge in [0.15, 0.2) is 0 Å². The summed E-state index contributed by atoms with van der Waals surface area (Å²) in [6, 6.07) is 0. The predicted molar refractivity (Wildman–Crippen MR) is 70.1 cm³/mol. The molecule has 0 bridgehead atoms. The Morgan fingerprint density at radius 2 is 1.07 bits per heavy atom. The highest BCUT2D eigenvalue weighted by Gasteiger charge is 1.93. The largest absolute Gasteiger partial charge is 0.309 e. The van der Waals surface area contributed by atoms with Crippen LogP contribution in [0.15, 0.2) is 0 Å². The van der Waals surface area contributed by atoms with E-state index in [2.05, 4.69) is 25.9 Å². The average Bonchev–Trinajstić information content (AvgIpc) is 2.20. The highest BCUT2D eigenvalue weighted by molar-refractivity contribution is 4.49. The Morgan fingerprint density at radius 3 is 1.47 bits per heavy atom. The molecule has 0 unspecified atom stereocenters. The van der Waals surface area contributed by atoms with Gasteiger partial charge < -0.3 is 4.90 Å². The van der Waals surface area contributed by atoms with Crippen molar-refractivity contribution in [3.05, 3.63) is 6.92 Å². The van der Waals surface area contributed by atoms with E-state index < -0.39 is 0 Å². The van der Waals surface area contributed by atoms with Crippen molar-refractivity contribution in [2.24, 2.45) is 0 Å². The van der Waals surface area contributed by atoms with Crippen LogP contribution in [0.4, 0.5) is 0 Å². The molecule has 0 saturated carbocycles. The Kier molecular flexibility index (Phi) is 12.0. The third-order valence-electron chi connectivity index (χ3n) is 2.86. The second-order valence-electron chi connectivity index (χ2n) is 4.84. The number of unbranched alkanes of at least 4 members (excludes halogenated alkanes) is 9. The Morgan fingerprint density at radius 1 is 0.667 bits per heavy atom. The maximum absolute atomic E-state index is 3.86. The SMILES string of the molecule is [CH2]CCCCCCCCCCCN(C)C. The van der Waals surface area contributed by atoms with Crippen LogP contribution in [0.1, 0.15) is 64.2 Å². The first kappa shape index (κ1) is 15.0. The van der Waals surface area contributed by atoms with Gasteiger partial charge in [-0.05, 0) is 27.1 Å². The van der Waals surface area contributed by atoms with Crippen LogP contribution in [0, 0.1) is 6.92 Å². The van der Waals surface area contributed by atoms with Crippen LogP contribution in [0.25, 0.3) is 0 Å². The second kappa shape index (κ2) is 12.0. The molecule has 0 aliphatic rings. The molecule has 0 saturated heterocycles. The maximum Gasteiger partial charge on any atom is -0.00248 e. The van der Waals surface area contributed by atoms with E-state index in [1.807, 2.05) is 0 Å². The van der Waals surface area contributed by atoms with Crippen molar-refractivity contribution >= 4 is 0 Å². The van der Waals surface area contributed by atoms with Crippen LogP contribution in [0.3, 0.4) is 0 Å². The lowest BCUT2D eigenvalue weighted by atomic mass is 10.1. The summed E-state index contributed by atoms with van der Waals surface area (Å²) < 4.78 is 0. The first-order valence-corrected chi connectivity index (χ1v) is 6.71. The molecule has 91 valence electrons. The third kappa shape index (κ3) is 14.0. The van der Waals surface area contributed by atoms with Gasteiger partial charge >= 0.3 is 0 Å². The summed E-state index contributed by atoms with van der Waals surface area (Å²) in [6.45, 7) is 5.12. The first-order valence-electron chi connectivity index (χ1n) is 6.71. The van der Waals surface area contributed by atoms with E-state index in [0.29, 0.717) is 0 Å². The number of hydrogen-bond donors (Lipinski definition) is 0. The van der Waals surface area contributed by atoms with Gasteiger partial charge in [0.1, 0.15) is 0 Å². The lowest BCUT2D eigenvalue weighted by molar-refractivity contribution is 0.389. The van der Waals surface area contributed by atoms with Gasteiger partial charge in [-0.3, -0.25) is 0 Å². The van der Waals surface area contributed by atoms with Crippen LogP contribution < -0.4 is 0 Å². The van der Waals surface area contributed by atoms with E-state index in [4.69, 9.17) is 0 Å². The van der Waals surface area contributed by atoms with Crippen molar-refractivity contribution in [2.45, 2.75) is 64.2 Å². The monoisotopic (exact) mass is 212 g/mol. The van der Waals surface area contributed by atoms with E-state index in [9.17, 15) is 0 Å². The first-order chi connectivity index (χ1) is 7.27. The molecular formula is C14H30N. The van der Waals surface area contributed by atoms with Crippen LogP contribution in [0.2, 0.25) is 0 Å². The minimum atomic E-state index is 1.12. The van der Waals surface area contributed by atoms with Gasteiger partial charge in [-0.2, -0.15) is 0 Å². The van der Waals surface area contributed by atoms with E-state index >= 15 is 0 Å². The molecule has 15 heavy (non-hydrogen) atoms. The molecule has 0 aromatic heterocycles. The molecule has 0 spiro atoms. The molecule has 0 aromatic carbocycles. The maximum atomic E-state index is 3.86. The summed E-state index contributed by atoms with van der Waals surface area (Å²) in [6.07, 6.45) is 13.8. The minimum Gasteiger partial charge on any atom is -0.309 e. The van der Waals surface area contributed by atoms with Gasteiger partial charge in [-0.15, -0.1) is 0 Å². The standard InChI is InChI=1S/C14H30N/c1-4-5-6-7-8-9-10-11-12-13-14-15(2)3/h1,4-14H2,2-3H3. The third-order valence-corrected chi connectivity index (χ3v) is 2.86. The van der Waals surface area contributed by atoms with E-state index in [1.165, 1.54) is 64.3 Å². The molecule has 0 aliphatic heterocycles. The van der Waals surface area contributed by atoms with E-state index in [1.54, 1.807) is 0 Å². The fourth-order valence-electron chi connectivity index (χ4n) is 1.84. The molecule has 0 N–H and O–H groups in total. The fourth-order valence-corrected chi connectivity index (χ4v) is 1.84. The summed E-state index contributed by atoms with van der Waals surface area (Å²) in [4.78, 5) is 2.28. The molecule has 0 amide bonds. The van der Waals surface area contributed by atoms with Crippen molar-refractivity contribution in [1.82, 2.24) is 4.90 Å². The Hall–Kier alpha value is -0.0400. The van der Waals surface area contributed by atoms with E-state index in [0.717, 1.165) is 6.42 Å². The molecule has 0 aliphatic carbocycles. The predicted octanol–water partition coefficient (Wildman–Crippen LogP) is 4.28. The van der Waals surface area contributed by atoms with Crippen LogP contribution >= 0.6 is 0 Å². The quantitative estimate of drug-likeness (QED) is 0.462. The molecule has 0 atom stereocenters. The Balaban J connectivity index is 2.87. The summed E-state index contributed by atoms with van der Waals surface area (Å²) in [5.74, 6) is 0. The Labute approximate surface area is 97.2 Å². The van der Waals surface area contributed by atoms with Crippen molar-refractivity contribution < 1.29 is 0 Å². The minimum absolute atomic E-state index is 1.12. The Bertz CT molecular complexity index is 110. The van der Waals surface area contributed by atoms with E-state index in [-0.39, 0.29) is 0 Å². The highest BCUT2D eigenvalue weighted by atomic mass is 15.0. The van der Waals surface area contributed by atoms with Gasteiger partial charge in [0.05, 0.1) is 0 Å². The topological polar surface area (TPSA) is 3.24 Å². The fraction of sp³-hybridized carbons (Fsp3) is 0.929. The normalized spacial score (nSPS) is 11.2. The molecule has 0 rings (SSSR count). The highest BCUT2D eigenvalue weighted by Crippen LogP contribution is 2.10. The molecule has 0 fully saturated rings. The van der Waals surface area contributed by atoms with Gasteiger partial charge in [-0.25, -0.2) is 0 Å². The van der Waals surface area contributed by atoms with Gasteiger partial charge in [-0.1, -0.05) is 64.7 Å².